The monoisotopic (exact) mass is 415 g/mol. The van der Waals surface area contributed by atoms with Gasteiger partial charge in [-0.05, 0) is 41.5 Å². The largest absolute Gasteiger partial charge is 0.497 e. The van der Waals surface area contributed by atoms with E-state index in [1.165, 1.54) is 19.2 Å². The van der Waals surface area contributed by atoms with Crippen LogP contribution in [0.15, 0.2) is 48.5 Å². The summed E-state index contributed by atoms with van der Waals surface area (Å²) in [7, 11) is 1.52. The van der Waals surface area contributed by atoms with Crippen molar-refractivity contribution < 1.29 is 33.7 Å². The molecule has 0 saturated heterocycles. The van der Waals surface area contributed by atoms with Crippen LogP contribution in [-0.2, 0) is 0 Å². The number of nitrogens with one attached hydrogen (secondary N) is 1. The highest BCUT2D eigenvalue weighted by atomic mass is 32.1. The fraction of sp³-hybridized carbons (Fsp3) is 0.0500. The molecule has 0 fully saturated rings. The maximum Gasteiger partial charge on any atom is 0.346 e. The third-order valence-electron chi connectivity index (χ3n) is 4.00. The van der Waals surface area contributed by atoms with Gasteiger partial charge in [0.05, 0.1) is 18.4 Å². The molecule has 3 N–H and O–H groups in total. The average molecular weight is 415 g/mol. The van der Waals surface area contributed by atoms with Crippen LogP contribution in [0.4, 0.5) is 10.1 Å². The van der Waals surface area contributed by atoms with Crippen LogP contribution in [0, 0.1) is 5.82 Å². The van der Waals surface area contributed by atoms with Crippen molar-refractivity contribution in [3.05, 3.63) is 69.7 Å². The van der Waals surface area contributed by atoms with Crippen LogP contribution >= 0.6 is 11.3 Å². The van der Waals surface area contributed by atoms with Gasteiger partial charge in [-0.25, -0.2) is 14.0 Å². The first-order valence-corrected chi connectivity index (χ1v) is 8.97. The Kier molecular flexibility index (Phi) is 5.60. The Morgan fingerprint density at radius 3 is 2.34 bits per heavy atom. The van der Waals surface area contributed by atoms with Crippen LogP contribution < -0.4 is 10.1 Å². The highest BCUT2D eigenvalue weighted by Gasteiger charge is 2.24. The highest BCUT2D eigenvalue weighted by Crippen LogP contribution is 2.28. The van der Waals surface area contributed by atoms with Gasteiger partial charge in [0.1, 0.15) is 21.3 Å². The third kappa shape index (κ3) is 4.25. The Morgan fingerprint density at radius 2 is 1.72 bits per heavy atom. The molecular weight excluding hydrogens is 401 g/mol. The molecule has 0 atom stereocenters. The summed E-state index contributed by atoms with van der Waals surface area (Å²) in [5.74, 6) is -3.84. The lowest BCUT2D eigenvalue weighted by Crippen LogP contribution is -2.15. The first-order valence-electron chi connectivity index (χ1n) is 8.16. The lowest BCUT2D eigenvalue weighted by Gasteiger charge is -2.09. The number of hydrogen-bond acceptors (Lipinski definition) is 5. The topological polar surface area (TPSA) is 113 Å². The molecular formula is C20H14FNO6S. The highest BCUT2D eigenvalue weighted by molar-refractivity contribution is 7.16. The van der Waals surface area contributed by atoms with Gasteiger partial charge < -0.3 is 20.3 Å². The second-order valence-electron chi connectivity index (χ2n) is 5.84. The van der Waals surface area contributed by atoms with Crippen molar-refractivity contribution in [1.29, 1.82) is 0 Å². The quantitative estimate of drug-likeness (QED) is 0.556. The van der Waals surface area contributed by atoms with Crippen molar-refractivity contribution in [3.63, 3.8) is 0 Å². The predicted molar refractivity (Wildman–Crippen MR) is 105 cm³/mol. The maximum atomic E-state index is 14.5. The van der Waals surface area contributed by atoms with E-state index in [2.05, 4.69) is 5.32 Å². The van der Waals surface area contributed by atoms with Crippen LogP contribution in [0.2, 0.25) is 0 Å². The second kappa shape index (κ2) is 8.11. The number of rotatable bonds is 6. The van der Waals surface area contributed by atoms with Crippen LogP contribution in [0.25, 0.3) is 11.1 Å². The number of carboxylic acids is 2. The van der Waals surface area contributed by atoms with Crippen molar-refractivity contribution in [3.8, 4) is 16.9 Å². The Labute approximate surface area is 168 Å². The Balaban J connectivity index is 1.88. The van der Waals surface area contributed by atoms with Gasteiger partial charge in [0, 0.05) is 0 Å². The van der Waals surface area contributed by atoms with E-state index in [1.54, 1.807) is 30.3 Å². The lowest BCUT2D eigenvalue weighted by atomic mass is 10.0. The zero-order valence-electron chi connectivity index (χ0n) is 14.9. The van der Waals surface area contributed by atoms with E-state index in [0.717, 1.165) is 6.07 Å². The SMILES string of the molecule is COc1cccc(-c2ccc(NC(=O)c3cc(C(=O)O)sc3C(=O)O)c(F)c2)c1. The molecule has 0 unspecified atom stereocenters. The van der Waals surface area contributed by atoms with Crippen LogP contribution in [0.3, 0.4) is 0 Å². The first-order chi connectivity index (χ1) is 13.8. The number of ether oxygens (including phenoxy) is 1. The molecule has 0 aliphatic heterocycles. The first kappa shape index (κ1) is 20.0. The molecule has 1 aromatic heterocycles. The fourth-order valence-electron chi connectivity index (χ4n) is 2.61. The summed E-state index contributed by atoms with van der Waals surface area (Å²) in [6.07, 6.45) is 0. The molecule has 0 bridgehead atoms. The number of anilines is 1. The Bertz CT molecular complexity index is 1120. The van der Waals surface area contributed by atoms with Gasteiger partial charge in [0.15, 0.2) is 0 Å². The summed E-state index contributed by atoms with van der Waals surface area (Å²) in [6.45, 7) is 0. The van der Waals surface area contributed by atoms with Crippen molar-refractivity contribution in [2.24, 2.45) is 0 Å². The van der Waals surface area contributed by atoms with E-state index in [1.807, 2.05) is 0 Å². The van der Waals surface area contributed by atoms with Gasteiger partial charge >= 0.3 is 11.9 Å². The Hall–Kier alpha value is -3.72. The number of halogens is 1. The van der Waals surface area contributed by atoms with Gasteiger partial charge in [-0.15, -0.1) is 11.3 Å². The maximum absolute atomic E-state index is 14.5. The summed E-state index contributed by atoms with van der Waals surface area (Å²) >= 11 is 0.456. The van der Waals surface area contributed by atoms with Crippen LogP contribution in [-0.4, -0.2) is 35.2 Å². The van der Waals surface area contributed by atoms with Crippen LogP contribution in [0.1, 0.15) is 29.7 Å². The summed E-state index contributed by atoms with van der Waals surface area (Å²) in [5.41, 5.74) is 0.741. The smallest absolute Gasteiger partial charge is 0.346 e. The molecule has 148 valence electrons. The van der Waals surface area contributed by atoms with Gasteiger partial charge in [-0.2, -0.15) is 0 Å². The van der Waals surface area contributed by atoms with Crippen molar-refractivity contribution >= 4 is 34.9 Å². The zero-order chi connectivity index (χ0) is 21.1. The molecule has 0 saturated carbocycles. The van der Waals surface area contributed by atoms with Crippen molar-refractivity contribution in [2.45, 2.75) is 0 Å². The van der Waals surface area contributed by atoms with Gasteiger partial charge in [0.25, 0.3) is 5.91 Å². The minimum atomic E-state index is -1.44. The molecule has 0 aliphatic carbocycles. The lowest BCUT2D eigenvalue weighted by molar-refractivity contribution is 0.0691. The van der Waals surface area contributed by atoms with E-state index in [9.17, 15) is 23.9 Å². The number of benzene rings is 2. The fourth-order valence-corrected chi connectivity index (χ4v) is 3.45. The molecule has 3 rings (SSSR count). The standard InChI is InChI=1S/C20H14FNO6S/c1-28-12-4-2-3-10(7-12)11-5-6-15(14(21)8-11)22-18(23)13-9-16(19(24)25)29-17(13)20(26)27/h2-9H,1H3,(H,22,23)(H,24,25)(H,26,27). The summed E-state index contributed by atoms with van der Waals surface area (Å²) < 4.78 is 19.7. The minimum absolute atomic E-state index is 0.166. The Morgan fingerprint density at radius 1 is 1.00 bits per heavy atom. The zero-order valence-corrected chi connectivity index (χ0v) is 15.7. The molecule has 0 aliphatic rings. The molecule has 29 heavy (non-hydrogen) atoms. The van der Waals surface area contributed by atoms with E-state index in [0.29, 0.717) is 28.2 Å². The molecule has 3 aromatic rings. The van der Waals surface area contributed by atoms with E-state index in [-0.39, 0.29) is 16.1 Å². The minimum Gasteiger partial charge on any atom is -0.497 e. The van der Waals surface area contributed by atoms with Crippen molar-refractivity contribution in [1.82, 2.24) is 0 Å². The molecule has 9 heteroatoms. The van der Waals surface area contributed by atoms with E-state index >= 15 is 0 Å². The number of carbonyl (C=O) groups is 3. The summed E-state index contributed by atoms with van der Waals surface area (Å²) in [4.78, 5) is 34.0. The molecule has 1 amide bonds. The van der Waals surface area contributed by atoms with Crippen LogP contribution in [0.5, 0.6) is 5.75 Å². The molecule has 0 spiro atoms. The van der Waals surface area contributed by atoms with Gasteiger partial charge in [-0.1, -0.05) is 18.2 Å². The van der Waals surface area contributed by atoms with Crippen molar-refractivity contribution in [2.75, 3.05) is 12.4 Å². The predicted octanol–water partition coefficient (Wildman–Crippen LogP) is 4.21. The molecule has 2 aromatic carbocycles. The van der Waals surface area contributed by atoms with Gasteiger partial charge in [-0.3, -0.25) is 4.79 Å². The average Bonchev–Trinajstić information content (AvgIpc) is 3.16. The third-order valence-corrected chi connectivity index (χ3v) is 5.11. The number of carbonyl (C=O) groups excluding carboxylic acids is 1. The number of carboxylic acid groups (broad SMARTS) is 2. The summed E-state index contributed by atoms with van der Waals surface area (Å²) in [6, 6.07) is 12.1. The number of thiophene rings is 1. The van der Waals surface area contributed by atoms with Gasteiger partial charge in [0.2, 0.25) is 0 Å². The van der Waals surface area contributed by atoms with E-state index < -0.39 is 28.5 Å². The number of hydrogen-bond donors (Lipinski definition) is 3. The normalized spacial score (nSPS) is 10.4. The van der Waals surface area contributed by atoms with E-state index in [4.69, 9.17) is 9.84 Å². The molecule has 7 nitrogen and oxygen atoms in total. The molecule has 1 heterocycles. The second-order valence-corrected chi connectivity index (χ2v) is 6.90. The number of aromatic carboxylic acids is 2. The molecule has 0 radical (unpaired) electrons. The summed E-state index contributed by atoms with van der Waals surface area (Å²) in [5, 5.41) is 20.5. The number of methoxy groups -OCH3 is 1. The number of amides is 1.